The SMILES string of the molecule is CC(=O)c1ccc(/C=C/C(=O)O)cc1C(C)=O. The van der Waals surface area contributed by atoms with Gasteiger partial charge in [0, 0.05) is 17.2 Å². The lowest BCUT2D eigenvalue weighted by Gasteiger charge is -2.04. The third kappa shape index (κ3) is 3.38. The fourth-order valence-corrected chi connectivity index (χ4v) is 1.43. The van der Waals surface area contributed by atoms with Crippen LogP contribution in [0.1, 0.15) is 40.1 Å². The number of Topliss-reactive ketones (excluding diaryl/α,β-unsaturated/α-hetero) is 2. The van der Waals surface area contributed by atoms with Crippen molar-refractivity contribution < 1.29 is 19.5 Å². The Labute approximate surface area is 98.6 Å². The zero-order valence-corrected chi connectivity index (χ0v) is 9.56. The van der Waals surface area contributed by atoms with Gasteiger partial charge < -0.3 is 5.11 Å². The van der Waals surface area contributed by atoms with Crippen LogP contribution in [0.25, 0.3) is 6.08 Å². The number of hydrogen-bond donors (Lipinski definition) is 1. The van der Waals surface area contributed by atoms with Gasteiger partial charge in [-0.05, 0) is 31.6 Å². The summed E-state index contributed by atoms with van der Waals surface area (Å²) >= 11 is 0. The summed E-state index contributed by atoms with van der Waals surface area (Å²) in [4.78, 5) is 33.0. The molecule has 0 unspecified atom stereocenters. The summed E-state index contributed by atoms with van der Waals surface area (Å²) in [6, 6.07) is 4.64. The molecule has 1 rings (SSSR count). The van der Waals surface area contributed by atoms with E-state index in [1.54, 1.807) is 6.07 Å². The van der Waals surface area contributed by atoms with Crippen LogP contribution in [-0.2, 0) is 4.79 Å². The molecule has 0 aliphatic heterocycles. The molecule has 0 fully saturated rings. The van der Waals surface area contributed by atoms with E-state index in [0.717, 1.165) is 6.08 Å². The minimum Gasteiger partial charge on any atom is -0.478 e. The molecular formula is C13H12O4. The number of ketones is 2. The van der Waals surface area contributed by atoms with Crippen LogP contribution >= 0.6 is 0 Å². The molecule has 0 saturated heterocycles. The van der Waals surface area contributed by atoms with Crippen LogP contribution in [0.4, 0.5) is 0 Å². The normalized spacial score (nSPS) is 10.5. The lowest BCUT2D eigenvalue weighted by molar-refractivity contribution is -0.131. The molecule has 0 aromatic heterocycles. The molecule has 88 valence electrons. The topological polar surface area (TPSA) is 71.4 Å². The third-order valence-corrected chi connectivity index (χ3v) is 2.22. The van der Waals surface area contributed by atoms with Crippen molar-refractivity contribution in [3.05, 3.63) is 41.0 Å². The first-order chi connectivity index (χ1) is 7.91. The Hall–Kier alpha value is -2.23. The predicted molar refractivity (Wildman–Crippen MR) is 63.1 cm³/mol. The van der Waals surface area contributed by atoms with Crippen LogP contribution in [0, 0.1) is 0 Å². The third-order valence-electron chi connectivity index (χ3n) is 2.22. The standard InChI is InChI=1S/C13H12O4/c1-8(14)11-5-3-10(4-6-13(16)17)7-12(11)9(2)15/h3-7H,1-2H3,(H,16,17)/b6-4+. The first-order valence-corrected chi connectivity index (χ1v) is 4.98. The van der Waals surface area contributed by atoms with Gasteiger partial charge in [-0.15, -0.1) is 0 Å². The van der Waals surface area contributed by atoms with Gasteiger partial charge in [0.05, 0.1) is 0 Å². The summed E-state index contributed by atoms with van der Waals surface area (Å²) in [6.45, 7) is 2.75. The first kappa shape index (κ1) is 12.8. The van der Waals surface area contributed by atoms with Gasteiger partial charge in [-0.25, -0.2) is 4.79 Å². The molecule has 4 heteroatoms. The van der Waals surface area contributed by atoms with Crippen molar-refractivity contribution in [3.63, 3.8) is 0 Å². The summed E-state index contributed by atoms with van der Waals surface area (Å²) in [5.74, 6) is -1.48. The fourth-order valence-electron chi connectivity index (χ4n) is 1.43. The quantitative estimate of drug-likeness (QED) is 0.638. The van der Waals surface area contributed by atoms with E-state index in [-0.39, 0.29) is 11.6 Å². The largest absolute Gasteiger partial charge is 0.478 e. The molecule has 0 aliphatic carbocycles. The van der Waals surface area contributed by atoms with E-state index >= 15 is 0 Å². The van der Waals surface area contributed by atoms with E-state index in [0.29, 0.717) is 16.7 Å². The van der Waals surface area contributed by atoms with Gasteiger partial charge in [-0.1, -0.05) is 12.1 Å². The zero-order valence-electron chi connectivity index (χ0n) is 9.56. The van der Waals surface area contributed by atoms with Crippen molar-refractivity contribution in [2.45, 2.75) is 13.8 Å². The van der Waals surface area contributed by atoms with Crippen molar-refractivity contribution in [1.82, 2.24) is 0 Å². The molecule has 0 radical (unpaired) electrons. The molecule has 1 aromatic carbocycles. The number of hydrogen-bond acceptors (Lipinski definition) is 3. The lowest BCUT2D eigenvalue weighted by atomic mass is 9.98. The Balaban J connectivity index is 3.23. The second-order valence-corrected chi connectivity index (χ2v) is 3.59. The Bertz CT molecular complexity index is 512. The number of carboxylic acids is 1. The van der Waals surface area contributed by atoms with Gasteiger partial charge in [0.2, 0.25) is 0 Å². The van der Waals surface area contributed by atoms with Gasteiger partial charge in [0.25, 0.3) is 0 Å². The summed E-state index contributed by atoms with van der Waals surface area (Å²) in [5, 5.41) is 8.49. The van der Waals surface area contributed by atoms with E-state index < -0.39 is 5.97 Å². The summed E-state index contributed by atoms with van der Waals surface area (Å²) in [7, 11) is 0. The number of carbonyl (C=O) groups is 3. The van der Waals surface area contributed by atoms with Crippen LogP contribution in [0.3, 0.4) is 0 Å². The van der Waals surface area contributed by atoms with Crippen LogP contribution in [-0.4, -0.2) is 22.6 Å². The number of carboxylic acid groups (broad SMARTS) is 1. The minimum atomic E-state index is -1.06. The maximum atomic E-state index is 11.4. The maximum Gasteiger partial charge on any atom is 0.328 e. The highest BCUT2D eigenvalue weighted by molar-refractivity contribution is 6.07. The molecule has 0 spiro atoms. The highest BCUT2D eigenvalue weighted by Crippen LogP contribution is 2.15. The Morgan fingerprint density at radius 1 is 1.06 bits per heavy atom. The molecule has 0 atom stereocenters. The second-order valence-electron chi connectivity index (χ2n) is 3.59. The summed E-state index contributed by atoms with van der Waals surface area (Å²) in [5.41, 5.74) is 1.23. The number of carbonyl (C=O) groups excluding carboxylic acids is 2. The molecular weight excluding hydrogens is 220 g/mol. The van der Waals surface area contributed by atoms with E-state index in [1.807, 2.05) is 0 Å². The molecule has 4 nitrogen and oxygen atoms in total. The number of aliphatic carboxylic acids is 1. The predicted octanol–water partition coefficient (Wildman–Crippen LogP) is 2.19. The number of rotatable bonds is 4. The van der Waals surface area contributed by atoms with Gasteiger partial charge in [-0.2, -0.15) is 0 Å². The molecule has 1 N–H and O–H groups in total. The summed E-state index contributed by atoms with van der Waals surface area (Å²) < 4.78 is 0. The first-order valence-electron chi connectivity index (χ1n) is 4.98. The zero-order chi connectivity index (χ0) is 13.0. The van der Waals surface area contributed by atoms with Crippen LogP contribution in [0.2, 0.25) is 0 Å². The lowest BCUT2D eigenvalue weighted by Crippen LogP contribution is -2.04. The van der Waals surface area contributed by atoms with E-state index in [2.05, 4.69) is 0 Å². The summed E-state index contributed by atoms with van der Waals surface area (Å²) in [6.07, 6.45) is 2.35. The fraction of sp³-hybridized carbons (Fsp3) is 0.154. The van der Waals surface area contributed by atoms with Crippen molar-refractivity contribution in [1.29, 1.82) is 0 Å². The van der Waals surface area contributed by atoms with Gasteiger partial charge in [-0.3, -0.25) is 9.59 Å². The van der Waals surface area contributed by atoms with Gasteiger partial charge >= 0.3 is 5.97 Å². The Morgan fingerprint density at radius 2 is 1.65 bits per heavy atom. The minimum absolute atomic E-state index is 0.191. The van der Waals surface area contributed by atoms with E-state index in [1.165, 1.54) is 32.1 Å². The molecule has 0 saturated carbocycles. The van der Waals surface area contributed by atoms with Crippen molar-refractivity contribution in [2.24, 2.45) is 0 Å². The highest BCUT2D eigenvalue weighted by atomic mass is 16.4. The molecule has 17 heavy (non-hydrogen) atoms. The average molecular weight is 232 g/mol. The Morgan fingerprint density at radius 3 is 2.12 bits per heavy atom. The van der Waals surface area contributed by atoms with Crippen LogP contribution in [0.15, 0.2) is 24.3 Å². The maximum absolute atomic E-state index is 11.4. The second kappa shape index (κ2) is 5.21. The molecule has 0 amide bonds. The molecule has 0 bridgehead atoms. The van der Waals surface area contributed by atoms with Crippen molar-refractivity contribution in [2.75, 3.05) is 0 Å². The van der Waals surface area contributed by atoms with Crippen LogP contribution in [0.5, 0.6) is 0 Å². The molecule has 0 aliphatic rings. The monoisotopic (exact) mass is 232 g/mol. The van der Waals surface area contributed by atoms with Crippen LogP contribution < -0.4 is 0 Å². The van der Waals surface area contributed by atoms with Crippen molar-refractivity contribution >= 4 is 23.6 Å². The molecule has 0 heterocycles. The average Bonchev–Trinajstić information content (AvgIpc) is 2.25. The number of benzene rings is 1. The van der Waals surface area contributed by atoms with Gasteiger partial charge in [0.15, 0.2) is 11.6 Å². The smallest absolute Gasteiger partial charge is 0.328 e. The van der Waals surface area contributed by atoms with E-state index in [4.69, 9.17) is 5.11 Å². The van der Waals surface area contributed by atoms with Crippen molar-refractivity contribution in [3.8, 4) is 0 Å². The highest BCUT2D eigenvalue weighted by Gasteiger charge is 2.11. The Kier molecular flexibility index (Phi) is 3.93. The van der Waals surface area contributed by atoms with Gasteiger partial charge in [0.1, 0.15) is 0 Å². The van der Waals surface area contributed by atoms with E-state index in [9.17, 15) is 14.4 Å². The molecule has 1 aromatic rings.